The van der Waals surface area contributed by atoms with E-state index < -0.39 is 0 Å². The van der Waals surface area contributed by atoms with Crippen LogP contribution >= 0.6 is 11.5 Å². The van der Waals surface area contributed by atoms with Gasteiger partial charge >= 0.3 is 0 Å². The Morgan fingerprint density at radius 2 is 1.89 bits per heavy atom. The minimum Gasteiger partial charge on any atom is -0.374 e. The second kappa shape index (κ2) is 9.23. The van der Waals surface area contributed by atoms with Crippen molar-refractivity contribution in [3.63, 3.8) is 0 Å². The first-order valence-electron chi connectivity index (χ1n) is 7.09. The van der Waals surface area contributed by atoms with Gasteiger partial charge in [0.05, 0.1) is 0 Å². The van der Waals surface area contributed by atoms with Gasteiger partial charge in [-0.1, -0.05) is 18.3 Å². The summed E-state index contributed by atoms with van der Waals surface area (Å²) in [5.74, 6) is 0. The van der Waals surface area contributed by atoms with Gasteiger partial charge in [0.15, 0.2) is 0 Å². The molecule has 0 fully saturated rings. The van der Waals surface area contributed by atoms with Crippen LogP contribution in [-0.2, 0) is 6.54 Å². The van der Waals surface area contributed by atoms with Gasteiger partial charge in [0.25, 0.3) is 0 Å². The SMILES string of the molecule is CCCNc1snnc1CN(CCC)CCN(C)C. The number of likely N-dealkylation sites (N-methyl/N-ethyl adjacent to an activating group) is 1. The molecule has 0 spiro atoms. The van der Waals surface area contributed by atoms with Crippen LogP contribution in [-0.4, -0.2) is 59.7 Å². The molecule has 0 atom stereocenters. The van der Waals surface area contributed by atoms with Crippen molar-refractivity contribution in [1.82, 2.24) is 19.4 Å². The number of nitrogens with zero attached hydrogens (tertiary/aromatic N) is 4. The molecule has 0 saturated carbocycles. The third-order valence-electron chi connectivity index (χ3n) is 2.87. The van der Waals surface area contributed by atoms with Gasteiger partial charge in [-0.2, -0.15) is 0 Å². The average Bonchev–Trinajstić information content (AvgIpc) is 2.81. The summed E-state index contributed by atoms with van der Waals surface area (Å²) in [5.41, 5.74) is 1.09. The van der Waals surface area contributed by atoms with E-state index in [4.69, 9.17) is 0 Å². The Bertz CT molecular complexity index is 340. The smallest absolute Gasteiger partial charge is 0.134 e. The maximum absolute atomic E-state index is 4.27. The van der Waals surface area contributed by atoms with Crippen LogP contribution in [0.4, 0.5) is 5.00 Å². The molecule has 6 heteroatoms. The zero-order valence-electron chi connectivity index (χ0n) is 12.6. The summed E-state index contributed by atoms with van der Waals surface area (Å²) in [7, 11) is 4.23. The van der Waals surface area contributed by atoms with Gasteiger partial charge in [0.2, 0.25) is 0 Å². The van der Waals surface area contributed by atoms with Crippen molar-refractivity contribution in [2.24, 2.45) is 0 Å². The normalized spacial score (nSPS) is 11.5. The zero-order valence-corrected chi connectivity index (χ0v) is 13.5. The molecule has 1 N–H and O–H groups in total. The highest BCUT2D eigenvalue weighted by Crippen LogP contribution is 2.19. The lowest BCUT2D eigenvalue weighted by atomic mass is 10.3. The molecule has 0 bridgehead atoms. The molecule has 0 unspecified atom stereocenters. The fraction of sp³-hybridized carbons (Fsp3) is 0.846. The molecule has 110 valence electrons. The molecule has 0 amide bonds. The lowest BCUT2D eigenvalue weighted by Gasteiger charge is -2.23. The largest absolute Gasteiger partial charge is 0.374 e. The average molecular weight is 285 g/mol. The van der Waals surface area contributed by atoms with E-state index >= 15 is 0 Å². The third kappa shape index (κ3) is 6.31. The first-order valence-corrected chi connectivity index (χ1v) is 7.86. The fourth-order valence-corrected chi connectivity index (χ4v) is 2.42. The molecule has 0 aromatic carbocycles. The Kier molecular flexibility index (Phi) is 7.93. The van der Waals surface area contributed by atoms with Crippen molar-refractivity contribution in [2.45, 2.75) is 33.2 Å². The summed E-state index contributed by atoms with van der Waals surface area (Å²) in [6, 6.07) is 0. The van der Waals surface area contributed by atoms with Crippen molar-refractivity contribution in [3.8, 4) is 0 Å². The van der Waals surface area contributed by atoms with Crippen LogP contribution in [0.15, 0.2) is 0 Å². The molecule has 0 aliphatic carbocycles. The van der Waals surface area contributed by atoms with E-state index in [9.17, 15) is 0 Å². The van der Waals surface area contributed by atoms with Gasteiger partial charge in [0, 0.05) is 37.7 Å². The maximum Gasteiger partial charge on any atom is 0.134 e. The summed E-state index contributed by atoms with van der Waals surface area (Å²) < 4.78 is 4.08. The highest BCUT2D eigenvalue weighted by molar-refractivity contribution is 7.10. The van der Waals surface area contributed by atoms with Crippen LogP contribution in [0, 0.1) is 0 Å². The molecule has 5 nitrogen and oxygen atoms in total. The molecular weight excluding hydrogens is 258 g/mol. The molecule has 0 radical (unpaired) electrons. The summed E-state index contributed by atoms with van der Waals surface area (Å²) >= 11 is 1.46. The molecule has 0 aliphatic rings. The second-order valence-electron chi connectivity index (χ2n) is 5.05. The van der Waals surface area contributed by atoms with Crippen LogP contribution in [0.2, 0.25) is 0 Å². The van der Waals surface area contributed by atoms with E-state index in [0.29, 0.717) is 0 Å². The molecular formula is C13H27N5S. The maximum atomic E-state index is 4.27. The van der Waals surface area contributed by atoms with Gasteiger partial charge < -0.3 is 10.2 Å². The molecule has 1 heterocycles. The minimum atomic E-state index is 0.893. The van der Waals surface area contributed by atoms with E-state index in [-0.39, 0.29) is 0 Å². The summed E-state index contributed by atoms with van der Waals surface area (Å²) in [5, 5.41) is 8.81. The van der Waals surface area contributed by atoms with E-state index in [1.165, 1.54) is 18.0 Å². The van der Waals surface area contributed by atoms with E-state index in [2.05, 4.69) is 52.6 Å². The van der Waals surface area contributed by atoms with Crippen LogP contribution < -0.4 is 5.32 Å². The summed E-state index contributed by atoms with van der Waals surface area (Å²) in [6.45, 7) is 9.53. The Morgan fingerprint density at radius 3 is 2.53 bits per heavy atom. The van der Waals surface area contributed by atoms with Crippen LogP contribution in [0.3, 0.4) is 0 Å². The second-order valence-corrected chi connectivity index (χ2v) is 5.81. The third-order valence-corrected chi connectivity index (χ3v) is 3.59. The van der Waals surface area contributed by atoms with Crippen molar-refractivity contribution in [1.29, 1.82) is 0 Å². The standard InChI is InChI=1S/C13H27N5S/c1-5-7-14-13-12(15-16-19-13)11-18(8-6-2)10-9-17(3)4/h14H,5-11H2,1-4H3. The number of rotatable bonds is 10. The number of anilines is 1. The molecule has 1 aromatic heterocycles. The Labute approximate surface area is 121 Å². The predicted molar refractivity (Wildman–Crippen MR) is 82.8 cm³/mol. The quantitative estimate of drug-likeness (QED) is 0.713. The number of nitrogens with one attached hydrogen (secondary N) is 1. The van der Waals surface area contributed by atoms with Crippen LogP contribution in [0.1, 0.15) is 32.4 Å². The van der Waals surface area contributed by atoms with E-state index in [0.717, 1.165) is 49.8 Å². The topological polar surface area (TPSA) is 44.3 Å². The monoisotopic (exact) mass is 285 g/mol. The van der Waals surface area contributed by atoms with Gasteiger partial charge in [-0.05, 0) is 33.5 Å². The van der Waals surface area contributed by atoms with Crippen LogP contribution in [0.25, 0.3) is 0 Å². The van der Waals surface area contributed by atoms with Crippen molar-refractivity contribution < 1.29 is 0 Å². The Balaban J connectivity index is 2.54. The predicted octanol–water partition coefficient (Wildman–Crippen LogP) is 2.13. The van der Waals surface area contributed by atoms with Gasteiger partial charge in [-0.3, -0.25) is 4.90 Å². The molecule has 0 saturated heterocycles. The van der Waals surface area contributed by atoms with E-state index in [1.807, 2.05) is 0 Å². The number of aromatic nitrogens is 2. The summed E-state index contributed by atoms with van der Waals surface area (Å²) in [4.78, 5) is 4.67. The molecule has 1 rings (SSSR count). The van der Waals surface area contributed by atoms with Crippen molar-refractivity contribution >= 4 is 16.5 Å². The first kappa shape index (κ1) is 16.3. The lowest BCUT2D eigenvalue weighted by molar-refractivity contribution is 0.232. The van der Waals surface area contributed by atoms with E-state index in [1.54, 1.807) is 0 Å². The lowest BCUT2D eigenvalue weighted by Crippen LogP contribution is -2.32. The fourth-order valence-electron chi connectivity index (χ4n) is 1.82. The van der Waals surface area contributed by atoms with Crippen molar-refractivity contribution in [2.75, 3.05) is 45.6 Å². The van der Waals surface area contributed by atoms with Crippen molar-refractivity contribution in [3.05, 3.63) is 5.69 Å². The summed E-state index contributed by atoms with van der Waals surface area (Å²) in [6.07, 6.45) is 2.29. The zero-order chi connectivity index (χ0) is 14.1. The molecule has 1 aromatic rings. The molecule has 0 aliphatic heterocycles. The molecule has 19 heavy (non-hydrogen) atoms. The highest BCUT2D eigenvalue weighted by atomic mass is 32.1. The van der Waals surface area contributed by atoms with Crippen LogP contribution in [0.5, 0.6) is 0 Å². The first-order chi connectivity index (χ1) is 9.17. The number of hydrogen-bond donors (Lipinski definition) is 1. The van der Waals surface area contributed by atoms with Gasteiger partial charge in [-0.25, -0.2) is 0 Å². The minimum absolute atomic E-state index is 0.893. The highest BCUT2D eigenvalue weighted by Gasteiger charge is 2.12. The Hall–Kier alpha value is -0.720. The Morgan fingerprint density at radius 1 is 1.11 bits per heavy atom. The van der Waals surface area contributed by atoms with Gasteiger partial charge in [0.1, 0.15) is 10.7 Å². The number of hydrogen-bond acceptors (Lipinski definition) is 6. The van der Waals surface area contributed by atoms with Gasteiger partial charge in [-0.15, -0.1) is 5.10 Å².